The number of Topliss-reactive ketones (excluding diaryl/α,β-unsaturated/α-hetero) is 6. The zero-order valence-electron chi connectivity index (χ0n) is 25.0. The number of ether oxygens (including phenoxy) is 1. The summed E-state index contributed by atoms with van der Waals surface area (Å²) in [6, 6.07) is 18.9. The van der Waals surface area contributed by atoms with E-state index >= 15 is 0 Å². The number of benzene rings is 2. The van der Waals surface area contributed by atoms with Crippen LogP contribution in [-0.4, -0.2) is 34.7 Å². The molecule has 7 nitrogen and oxygen atoms in total. The number of hydrogen-bond acceptors (Lipinski definition) is 7. The first-order valence-electron chi connectivity index (χ1n) is 13.1. The quantitative estimate of drug-likeness (QED) is 0.211. The first kappa shape index (κ1) is 34.5. The molecule has 0 bridgehead atoms. The summed E-state index contributed by atoms with van der Waals surface area (Å²) in [5.74, 6) is 0.176. The van der Waals surface area contributed by atoms with Crippen LogP contribution >= 0.6 is 0 Å². The summed E-state index contributed by atoms with van der Waals surface area (Å²) < 4.78 is 5.60. The van der Waals surface area contributed by atoms with Crippen molar-refractivity contribution in [3.8, 4) is 0 Å². The van der Waals surface area contributed by atoms with E-state index in [0.717, 1.165) is 11.1 Å². The lowest BCUT2D eigenvalue weighted by Gasteiger charge is -2.29. The molecule has 1 heterocycles. The highest BCUT2D eigenvalue weighted by atomic mass is 16.5. The second-order valence-corrected chi connectivity index (χ2v) is 9.66. The summed E-state index contributed by atoms with van der Waals surface area (Å²) in [4.78, 5) is 66.3. The lowest BCUT2D eigenvalue weighted by Crippen LogP contribution is -2.23. The molecule has 2 aromatic carbocycles. The van der Waals surface area contributed by atoms with Crippen LogP contribution in [0.1, 0.15) is 78.9 Å². The van der Waals surface area contributed by atoms with Gasteiger partial charge in [0.1, 0.15) is 23.1 Å². The molecule has 1 aliphatic rings. The van der Waals surface area contributed by atoms with Gasteiger partial charge in [0.25, 0.3) is 0 Å². The number of rotatable bonds is 8. The Balaban J connectivity index is 0.000000347. The van der Waals surface area contributed by atoms with Gasteiger partial charge < -0.3 is 4.74 Å². The normalized spacial score (nSPS) is 12.5. The van der Waals surface area contributed by atoms with Crippen molar-refractivity contribution in [1.82, 2.24) is 0 Å². The Morgan fingerprint density at radius 2 is 1.02 bits per heavy atom. The molecule has 0 amide bonds. The molecule has 3 rings (SSSR count). The van der Waals surface area contributed by atoms with Gasteiger partial charge in [0.05, 0.1) is 12.0 Å². The van der Waals surface area contributed by atoms with Crippen molar-refractivity contribution in [3.05, 3.63) is 100 Å². The lowest BCUT2D eigenvalue weighted by atomic mass is 9.79. The Hall–Kier alpha value is -4.52. The maximum atomic E-state index is 12.0. The number of hydrogen-bond donors (Lipinski definition) is 0. The largest absolute Gasteiger partial charge is 0.466 e. The summed E-state index contributed by atoms with van der Waals surface area (Å²) in [6.07, 6.45) is 1.70. The minimum atomic E-state index is -0.333. The molecule has 0 radical (unpaired) electrons. The van der Waals surface area contributed by atoms with Crippen LogP contribution < -0.4 is 0 Å². The van der Waals surface area contributed by atoms with Crippen molar-refractivity contribution in [1.29, 1.82) is 0 Å². The highest BCUT2D eigenvalue weighted by Crippen LogP contribution is 2.40. The van der Waals surface area contributed by atoms with E-state index in [1.54, 1.807) is 19.9 Å². The minimum absolute atomic E-state index is 0.0625. The van der Waals surface area contributed by atoms with Gasteiger partial charge in [0.2, 0.25) is 0 Å². The molecular weight excluding hydrogens is 520 g/mol. The van der Waals surface area contributed by atoms with Crippen LogP contribution in [0.4, 0.5) is 0 Å². The smallest absolute Gasteiger partial charge is 0.163 e. The number of ketones is 6. The highest BCUT2D eigenvalue weighted by molar-refractivity contribution is 6.21. The molecule has 0 fully saturated rings. The zero-order valence-corrected chi connectivity index (χ0v) is 25.0. The molecule has 0 spiro atoms. The van der Waals surface area contributed by atoms with Gasteiger partial charge >= 0.3 is 0 Å². The first-order chi connectivity index (χ1) is 19.2. The van der Waals surface area contributed by atoms with Gasteiger partial charge in [0, 0.05) is 17.1 Å². The van der Waals surface area contributed by atoms with Crippen molar-refractivity contribution >= 4 is 40.8 Å². The summed E-state index contributed by atoms with van der Waals surface area (Å²) in [5.41, 5.74) is 3.17. The lowest BCUT2D eigenvalue weighted by molar-refractivity contribution is -0.125. The van der Waals surface area contributed by atoms with Crippen LogP contribution in [0.25, 0.3) is 6.08 Å². The topological polar surface area (TPSA) is 112 Å². The predicted octanol–water partition coefficient (Wildman–Crippen LogP) is 6.33. The third-order valence-corrected chi connectivity index (χ3v) is 5.90. The Morgan fingerprint density at radius 1 is 0.634 bits per heavy atom. The summed E-state index contributed by atoms with van der Waals surface area (Å²) in [7, 11) is 0. The van der Waals surface area contributed by atoms with Crippen molar-refractivity contribution < 1.29 is 33.5 Å². The van der Waals surface area contributed by atoms with E-state index in [9.17, 15) is 28.8 Å². The molecule has 0 atom stereocenters. The van der Waals surface area contributed by atoms with Crippen molar-refractivity contribution in [3.63, 3.8) is 0 Å². The molecule has 216 valence electrons. The monoisotopic (exact) mass is 558 g/mol. The molecule has 0 aliphatic carbocycles. The maximum Gasteiger partial charge on any atom is 0.163 e. The van der Waals surface area contributed by atoms with E-state index in [1.165, 1.54) is 41.5 Å². The van der Waals surface area contributed by atoms with Crippen LogP contribution in [0.2, 0.25) is 0 Å². The third kappa shape index (κ3) is 11.2. The van der Waals surface area contributed by atoms with Gasteiger partial charge in [-0.05, 0) is 72.6 Å². The third-order valence-electron chi connectivity index (χ3n) is 5.90. The summed E-state index contributed by atoms with van der Waals surface area (Å²) >= 11 is 0. The molecule has 2 aromatic rings. The van der Waals surface area contributed by atoms with E-state index in [4.69, 9.17) is 4.74 Å². The fourth-order valence-corrected chi connectivity index (χ4v) is 4.29. The maximum absolute atomic E-state index is 12.0. The minimum Gasteiger partial charge on any atom is -0.466 e. The van der Waals surface area contributed by atoms with Crippen molar-refractivity contribution in [2.24, 2.45) is 0 Å². The molecule has 0 N–H and O–H groups in total. The van der Waals surface area contributed by atoms with Gasteiger partial charge in [0.15, 0.2) is 23.1 Å². The average Bonchev–Trinajstić information content (AvgIpc) is 2.87. The van der Waals surface area contributed by atoms with E-state index in [-0.39, 0.29) is 52.6 Å². The number of allylic oxidation sites excluding steroid dienone is 5. The Morgan fingerprint density at radius 3 is 1.34 bits per heavy atom. The van der Waals surface area contributed by atoms with Gasteiger partial charge in [-0.3, -0.25) is 28.8 Å². The van der Waals surface area contributed by atoms with E-state index in [0.29, 0.717) is 22.7 Å². The summed E-state index contributed by atoms with van der Waals surface area (Å²) in [5, 5.41) is 0. The van der Waals surface area contributed by atoms with Gasteiger partial charge in [-0.1, -0.05) is 60.7 Å². The zero-order chi connectivity index (χ0) is 31.3. The molecule has 41 heavy (non-hydrogen) atoms. The average molecular weight is 559 g/mol. The first-order valence-corrected chi connectivity index (χ1v) is 13.1. The molecule has 0 saturated carbocycles. The van der Waals surface area contributed by atoms with Crippen LogP contribution in [0.15, 0.2) is 88.9 Å². The van der Waals surface area contributed by atoms with E-state index in [1.807, 2.05) is 60.7 Å². The van der Waals surface area contributed by atoms with E-state index < -0.39 is 0 Å². The predicted molar refractivity (Wildman–Crippen MR) is 159 cm³/mol. The Bertz CT molecular complexity index is 1330. The van der Waals surface area contributed by atoms with Gasteiger partial charge in [-0.15, -0.1) is 0 Å². The van der Waals surface area contributed by atoms with E-state index in [2.05, 4.69) is 0 Å². The van der Waals surface area contributed by atoms with Gasteiger partial charge in [-0.2, -0.15) is 0 Å². The molecule has 0 saturated heterocycles. The molecule has 1 aliphatic heterocycles. The molecular formula is C34H38O7. The fraction of sp³-hybridized carbons (Fsp3) is 0.294. The highest BCUT2D eigenvalue weighted by Gasteiger charge is 2.34. The van der Waals surface area contributed by atoms with Crippen LogP contribution in [0.5, 0.6) is 0 Å². The van der Waals surface area contributed by atoms with Crippen molar-refractivity contribution in [2.45, 2.75) is 67.7 Å². The Kier molecular flexibility index (Phi) is 13.9. The second-order valence-electron chi connectivity index (χ2n) is 9.66. The van der Waals surface area contributed by atoms with Crippen LogP contribution in [0.3, 0.4) is 0 Å². The Labute approximate surface area is 242 Å². The molecule has 0 aromatic heterocycles. The van der Waals surface area contributed by atoms with Crippen LogP contribution in [-0.2, 0) is 33.5 Å². The number of carbonyl (C=O) groups excluding carboxylic acids is 6. The second kappa shape index (κ2) is 16.6. The van der Waals surface area contributed by atoms with Crippen molar-refractivity contribution in [2.75, 3.05) is 0 Å². The molecule has 7 heteroatoms. The van der Waals surface area contributed by atoms with Gasteiger partial charge in [-0.25, -0.2) is 0 Å². The summed E-state index contributed by atoms with van der Waals surface area (Å²) in [6.45, 7) is 12.2. The van der Waals surface area contributed by atoms with Crippen LogP contribution in [0, 0.1) is 0 Å². The SMILES string of the molecule is CC(=O)C(=Cc1ccccc1)C(C)=O.CC(=O)C1=C(C)OC(C)=C(C(C)=O)C1c1ccccc1.CC(=O)CC(C)=O. The fourth-order valence-electron chi connectivity index (χ4n) is 4.29. The number of carbonyl (C=O) groups is 6. The molecule has 0 unspecified atom stereocenters. The standard InChI is InChI=1S/C17H18O3.C12H12O2.C5H8O2/c1-10(18)15-12(3)20-13(4)16(11(2)19)17(15)14-8-6-5-7-9-14;1-9(13)12(10(2)14)8-11-6-4-3-5-7-11;1-4(6)3-5(2)7/h5-9,17H,1-4H3;3-8H,1-2H3;3H2,1-2H3.